The van der Waals surface area contributed by atoms with Crippen molar-refractivity contribution >= 4 is 45.5 Å². The topological polar surface area (TPSA) is 40.3 Å². The van der Waals surface area contributed by atoms with E-state index in [4.69, 9.17) is 28.6 Å². The fraction of sp³-hybridized carbons (Fsp3) is 0.250. The van der Waals surface area contributed by atoms with E-state index in [9.17, 15) is 0 Å². The minimum Gasteiger partial charge on any atom is -0.495 e. The number of rotatable bonds is 5. The smallest absolute Gasteiger partial charge is 0.174 e. The Hall–Kier alpha value is -2.24. The van der Waals surface area contributed by atoms with E-state index in [-0.39, 0.29) is 6.04 Å². The van der Waals surface area contributed by atoms with Gasteiger partial charge in [0.1, 0.15) is 5.75 Å². The number of ether oxygens (including phenoxy) is 1. The van der Waals surface area contributed by atoms with Crippen molar-refractivity contribution in [2.24, 2.45) is 0 Å². The van der Waals surface area contributed by atoms with Crippen LogP contribution in [0.3, 0.4) is 0 Å². The number of anilines is 1. The SMILES string of the molecule is COc1cc(Cl)ccc1NC(=S)N(Cc1c[nH]c2ccccc12)C(C)C. The van der Waals surface area contributed by atoms with Crippen LogP contribution in [0.1, 0.15) is 19.4 Å². The Kier molecular flexibility index (Phi) is 5.69. The Morgan fingerprint density at radius 1 is 1.27 bits per heavy atom. The quantitative estimate of drug-likeness (QED) is 0.572. The largest absolute Gasteiger partial charge is 0.495 e. The summed E-state index contributed by atoms with van der Waals surface area (Å²) in [6.45, 7) is 4.97. The number of methoxy groups -OCH3 is 1. The van der Waals surface area contributed by atoms with Gasteiger partial charge in [0, 0.05) is 40.8 Å². The second-order valence-electron chi connectivity index (χ2n) is 6.36. The first kappa shape index (κ1) is 18.5. The van der Waals surface area contributed by atoms with Crippen molar-refractivity contribution in [1.29, 1.82) is 0 Å². The summed E-state index contributed by atoms with van der Waals surface area (Å²) in [5.41, 5.74) is 3.14. The summed E-state index contributed by atoms with van der Waals surface area (Å²) in [5.74, 6) is 0.663. The monoisotopic (exact) mass is 387 g/mol. The molecule has 1 heterocycles. The zero-order valence-electron chi connectivity index (χ0n) is 15.0. The van der Waals surface area contributed by atoms with Crippen LogP contribution < -0.4 is 10.1 Å². The molecule has 0 aliphatic carbocycles. The van der Waals surface area contributed by atoms with Gasteiger partial charge < -0.3 is 19.9 Å². The highest BCUT2D eigenvalue weighted by molar-refractivity contribution is 7.80. The first-order chi connectivity index (χ1) is 12.5. The Balaban J connectivity index is 1.83. The normalized spacial score (nSPS) is 11.0. The predicted molar refractivity (Wildman–Crippen MR) is 113 cm³/mol. The molecule has 0 fully saturated rings. The number of aromatic amines is 1. The van der Waals surface area contributed by atoms with Crippen LogP contribution in [-0.2, 0) is 6.54 Å². The molecule has 0 aliphatic heterocycles. The van der Waals surface area contributed by atoms with Gasteiger partial charge in [0.15, 0.2) is 5.11 Å². The molecular formula is C20H22ClN3OS. The lowest BCUT2D eigenvalue weighted by atomic mass is 10.1. The summed E-state index contributed by atoms with van der Waals surface area (Å²) in [7, 11) is 1.62. The number of thiocarbonyl (C=S) groups is 1. The van der Waals surface area contributed by atoms with E-state index in [1.54, 1.807) is 13.2 Å². The predicted octanol–water partition coefficient (Wildman–Crippen LogP) is 5.44. The lowest BCUT2D eigenvalue weighted by Crippen LogP contribution is -2.39. The van der Waals surface area contributed by atoms with Gasteiger partial charge in [-0.05, 0) is 49.8 Å². The zero-order chi connectivity index (χ0) is 18.7. The standard InChI is InChI=1S/C20H22ClN3OS/c1-13(2)24(12-14-11-22-17-7-5-4-6-16(14)17)20(26)23-18-9-8-15(21)10-19(18)25-3/h4-11,13,22H,12H2,1-3H3,(H,23,26). The second-order valence-corrected chi connectivity index (χ2v) is 7.18. The molecule has 1 aromatic heterocycles. The number of halogens is 1. The van der Waals surface area contributed by atoms with Crippen LogP contribution in [0.15, 0.2) is 48.7 Å². The maximum Gasteiger partial charge on any atom is 0.174 e. The molecule has 6 heteroatoms. The van der Waals surface area contributed by atoms with Gasteiger partial charge in [-0.25, -0.2) is 0 Å². The molecule has 0 unspecified atom stereocenters. The van der Waals surface area contributed by atoms with Crippen molar-refractivity contribution < 1.29 is 4.74 Å². The van der Waals surface area contributed by atoms with Gasteiger partial charge in [0.25, 0.3) is 0 Å². The minimum atomic E-state index is 0.238. The number of benzene rings is 2. The number of hydrogen-bond donors (Lipinski definition) is 2. The van der Waals surface area contributed by atoms with E-state index < -0.39 is 0 Å². The van der Waals surface area contributed by atoms with E-state index in [0.717, 1.165) is 11.2 Å². The molecule has 0 atom stereocenters. The van der Waals surface area contributed by atoms with Gasteiger partial charge in [-0.3, -0.25) is 0 Å². The average molecular weight is 388 g/mol. The van der Waals surface area contributed by atoms with Gasteiger partial charge in [-0.15, -0.1) is 0 Å². The van der Waals surface area contributed by atoms with Gasteiger partial charge in [0.05, 0.1) is 12.8 Å². The highest BCUT2D eigenvalue weighted by Gasteiger charge is 2.17. The van der Waals surface area contributed by atoms with Crippen molar-refractivity contribution in [3.05, 3.63) is 59.2 Å². The molecule has 3 aromatic rings. The zero-order valence-corrected chi connectivity index (χ0v) is 16.6. The van der Waals surface area contributed by atoms with Crippen LogP contribution >= 0.6 is 23.8 Å². The molecule has 3 rings (SSSR count). The van der Waals surface area contributed by atoms with E-state index in [0.29, 0.717) is 22.4 Å². The molecule has 0 spiro atoms. The third-order valence-electron chi connectivity index (χ3n) is 4.30. The molecule has 0 saturated heterocycles. The molecule has 26 heavy (non-hydrogen) atoms. The molecule has 0 radical (unpaired) electrons. The van der Waals surface area contributed by atoms with E-state index in [2.05, 4.69) is 47.2 Å². The van der Waals surface area contributed by atoms with E-state index in [1.165, 1.54) is 10.9 Å². The minimum absolute atomic E-state index is 0.238. The number of H-pyrrole nitrogens is 1. The van der Waals surface area contributed by atoms with Crippen LogP contribution in [0.5, 0.6) is 5.75 Å². The van der Waals surface area contributed by atoms with Crippen LogP contribution in [0.2, 0.25) is 5.02 Å². The molecule has 0 saturated carbocycles. The maximum atomic E-state index is 6.04. The summed E-state index contributed by atoms with van der Waals surface area (Å²) in [6, 6.07) is 14.0. The Bertz CT molecular complexity index is 922. The van der Waals surface area contributed by atoms with Gasteiger partial charge in [0.2, 0.25) is 0 Å². The molecule has 0 aliphatic rings. The third kappa shape index (κ3) is 3.94. The van der Waals surface area contributed by atoms with Gasteiger partial charge in [-0.1, -0.05) is 29.8 Å². The molecule has 136 valence electrons. The van der Waals surface area contributed by atoms with Crippen molar-refractivity contribution in [2.75, 3.05) is 12.4 Å². The number of fused-ring (bicyclic) bond motifs is 1. The average Bonchev–Trinajstić information content (AvgIpc) is 3.03. The summed E-state index contributed by atoms with van der Waals surface area (Å²) in [5, 5.41) is 5.77. The fourth-order valence-corrected chi connectivity index (χ4v) is 3.44. The van der Waals surface area contributed by atoms with Crippen molar-refractivity contribution in [3.63, 3.8) is 0 Å². The van der Waals surface area contributed by atoms with Gasteiger partial charge in [-0.2, -0.15) is 0 Å². The number of hydrogen-bond acceptors (Lipinski definition) is 2. The first-order valence-corrected chi connectivity index (χ1v) is 9.24. The number of para-hydroxylation sites is 1. The molecule has 4 nitrogen and oxygen atoms in total. The van der Waals surface area contributed by atoms with E-state index >= 15 is 0 Å². The Labute approximate surface area is 164 Å². The van der Waals surface area contributed by atoms with E-state index in [1.807, 2.05) is 24.4 Å². The van der Waals surface area contributed by atoms with Crippen LogP contribution in [0.4, 0.5) is 5.69 Å². The van der Waals surface area contributed by atoms with Crippen molar-refractivity contribution in [2.45, 2.75) is 26.4 Å². The van der Waals surface area contributed by atoms with Crippen molar-refractivity contribution in [3.8, 4) is 5.75 Å². The summed E-state index contributed by atoms with van der Waals surface area (Å²) in [4.78, 5) is 5.47. The number of nitrogens with zero attached hydrogens (tertiary/aromatic N) is 1. The number of nitrogens with one attached hydrogen (secondary N) is 2. The van der Waals surface area contributed by atoms with Crippen LogP contribution in [0.25, 0.3) is 10.9 Å². The lowest BCUT2D eigenvalue weighted by molar-refractivity contribution is 0.349. The summed E-state index contributed by atoms with van der Waals surface area (Å²) < 4.78 is 5.40. The second kappa shape index (κ2) is 7.98. The fourth-order valence-electron chi connectivity index (χ4n) is 2.89. The highest BCUT2D eigenvalue weighted by Crippen LogP contribution is 2.28. The molecule has 0 amide bonds. The summed E-state index contributed by atoms with van der Waals surface area (Å²) in [6.07, 6.45) is 2.05. The first-order valence-electron chi connectivity index (χ1n) is 8.45. The number of aromatic nitrogens is 1. The molecule has 2 N–H and O–H groups in total. The molecule has 0 bridgehead atoms. The maximum absolute atomic E-state index is 6.04. The Morgan fingerprint density at radius 2 is 2.04 bits per heavy atom. The lowest BCUT2D eigenvalue weighted by Gasteiger charge is -2.30. The van der Waals surface area contributed by atoms with Crippen LogP contribution in [-0.4, -0.2) is 28.1 Å². The molecular weight excluding hydrogens is 366 g/mol. The molecule has 2 aromatic carbocycles. The van der Waals surface area contributed by atoms with Crippen LogP contribution in [0, 0.1) is 0 Å². The summed E-state index contributed by atoms with van der Waals surface area (Å²) >= 11 is 11.7. The highest BCUT2D eigenvalue weighted by atomic mass is 35.5. The Morgan fingerprint density at radius 3 is 2.77 bits per heavy atom. The van der Waals surface area contributed by atoms with Gasteiger partial charge >= 0.3 is 0 Å². The third-order valence-corrected chi connectivity index (χ3v) is 4.88. The van der Waals surface area contributed by atoms with Crippen molar-refractivity contribution in [1.82, 2.24) is 9.88 Å².